The molecule has 0 aliphatic carbocycles. The molecule has 2 N–H and O–H groups in total. The van der Waals surface area contributed by atoms with E-state index in [0.29, 0.717) is 24.7 Å². The van der Waals surface area contributed by atoms with Crippen molar-refractivity contribution in [3.05, 3.63) is 102 Å². The maximum absolute atomic E-state index is 12.9. The topological polar surface area (TPSA) is 170 Å². The van der Waals surface area contributed by atoms with Crippen molar-refractivity contribution in [2.75, 3.05) is 67.1 Å². The maximum Gasteiger partial charge on any atom is 0.328 e. The number of carbonyl (C=O) groups excluding carboxylic acids is 3. The average molecular weight is 851 g/mol. The zero-order chi connectivity index (χ0) is 43.8. The highest BCUT2D eigenvalue weighted by Crippen LogP contribution is 2.32. The summed E-state index contributed by atoms with van der Waals surface area (Å²) in [7, 11) is 0. The van der Waals surface area contributed by atoms with Crippen LogP contribution in [0.5, 0.6) is 0 Å². The Bertz CT molecular complexity index is 2620. The Morgan fingerprint density at radius 2 is 1.62 bits per heavy atom. The molecule has 3 aliphatic rings. The third kappa shape index (κ3) is 8.98. The van der Waals surface area contributed by atoms with E-state index in [9.17, 15) is 14.4 Å². The summed E-state index contributed by atoms with van der Waals surface area (Å²) >= 11 is 0. The number of aryl methyl sites for hydroxylation is 1. The molecule has 16 nitrogen and oxygen atoms in total. The number of pyridine rings is 1. The lowest BCUT2D eigenvalue weighted by Gasteiger charge is -2.39. The largest absolute Gasteiger partial charge is 0.372 e. The van der Waals surface area contributed by atoms with Crippen LogP contribution >= 0.6 is 0 Å². The first-order valence-electron chi connectivity index (χ1n) is 21.9. The van der Waals surface area contributed by atoms with Crippen LogP contribution in [0.2, 0.25) is 0 Å². The third-order valence-electron chi connectivity index (χ3n) is 12.5. The Labute approximate surface area is 366 Å². The van der Waals surface area contributed by atoms with E-state index in [4.69, 9.17) is 9.51 Å². The monoisotopic (exact) mass is 850 g/mol. The van der Waals surface area contributed by atoms with E-state index in [2.05, 4.69) is 82.0 Å². The molecule has 0 saturated carbocycles. The van der Waals surface area contributed by atoms with Crippen LogP contribution in [0.25, 0.3) is 27.9 Å². The van der Waals surface area contributed by atoms with Crippen LogP contribution in [0, 0.1) is 12.8 Å². The zero-order valence-corrected chi connectivity index (χ0v) is 36.5. The van der Waals surface area contributed by atoms with Gasteiger partial charge in [-0.3, -0.25) is 24.7 Å². The molecule has 2 aromatic carbocycles. The van der Waals surface area contributed by atoms with Crippen LogP contribution in [0.4, 0.5) is 22.0 Å². The Morgan fingerprint density at radius 3 is 2.30 bits per heavy atom. The fourth-order valence-corrected chi connectivity index (χ4v) is 8.87. The van der Waals surface area contributed by atoms with Crippen molar-refractivity contribution in [2.45, 2.75) is 65.3 Å². The number of nitrogens with one attached hydrogen (secondary N) is 2. The number of aromatic nitrogens is 6. The smallest absolute Gasteiger partial charge is 0.328 e. The summed E-state index contributed by atoms with van der Waals surface area (Å²) in [5, 5.41) is 13.9. The van der Waals surface area contributed by atoms with Crippen molar-refractivity contribution in [1.29, 1.82) is 0 Å². The Kier molecular flexibility index (Phi) is 11.4. The third-order valence-corrected chi connectivity index (χ3v) is 12.5. The number of fused-ring (bicyclic) bond motifs is 1. The second kappa shape index (κ2) is 17.2. The van der Waals surface area contributed by atoms with Crippen LogP contribution in [0.15, 0.2) is 83.9 Å². The number of carbonyl (C=O) groups is 3. The fourth-order valence-electron chi connectivity index (χ4n) is 8.87. The summed E-state index contributed by atoms with van der Waals surface area (Å²) < 4.78 is 7.11. The van der Waals surface area contributed by atoms with E-state index in [1.165, 1.54) is 5.69 Å². The Morgan fingerprint density at radius 1 is 0.873 bits per heavy atom. The number of hydrogen-bond acceptors (Lipinski definition) is 12. The van der Waals surface area contributed by atoms with E-state index in [-0.39, 0.29) is 29.3 Å². The second-order valence-electron chi connectivity index (χ2n) is 18.0. The number of amides is 4. The first-order valence-corrected chi connectivity index (χ1v) is 21.9. The highest BCUT2D eigenvalue weighted by atomic mass is 16.5. The first kappa shape index (κ1) is 41.7. The van der Waals surface area contributed by atoms with Gasteiger partial charge < -0.3 is 19.6 Å². The number of imide groups is 1. The summed E-state index contributed by atoms with van der Waals surface area (Å²) in [4.78, 5) is 59.7. The van der Waals surface area contributed by atoms with E-state index in [1.807, 2.05) is 75.8 Å². The molecule has 3 saturated heterocycles. The minimum Gasteiger partial charge on any atom is -0.372 e. The Hall–Kier alpha value is -6.68. The fraction of sp³-hybridized carbons (Fsp3) is 0.404. The van der Waals surface area contributed by atoms with Gasteiger partial charge in [0.05, 0.1) is 17.3 Å². The molecule has 0 spiro atoms. The lowest BCUT2D eigenvalue weighted by molar-refractivity contribution is -0.120. The van der Waals surface area contributed by atoms with Gasteiger partial charge in [-0.1, -0.05) is 38.1 Å². The van der Waals surface area contributed by atoms with Gasteiger partial charge in [-0.05, 0) is 92.3 Å². The summed E-state index contributed by atoms with van der Waals surface area (Å²) in [5.74, 6) is 1.46. The molecule has 9 rings (SSSR count). The second-order valence-corrected chi connectivity index (χ2v) is 18.0. The minimum absolute atomic E-state index is 0.0492. The molecule has 7 heterocycles. The molecule has 6 aromatic rings. The Balaban J connectivity index is 0.768. The molecule has 0 bridgehead atoms. The van der Waals surface area contributed by atoms with Gasteiger partial charge in [0.1, 0.15) is 12.1 Å². The van der Waals surface area contributed by atoms with Gasteiger partial charge in [-0.25, -0.2) is 19.3 Å². The van der Waals surface area contributed by atoms with Crippen LogP contribution < -0.4 is 25.3 Å². The van der Waals surface area contributed by atoms with E-state index < -0.39 is 5.91 Å². The van der Waals surface area contributed by atoms with Crippen molar-refractivity contribution >= 4 is 40.6 Å². The van der Waals surface area contributed by atoms with Crippen molar-refractivity contribution in [3.8, 4) is 22.4 Å². The molecular formula is C47H54N12O4. The molecule has 3 fully saturated rings. The van der Waals surface area contributed by atoms with E-state index in [1.54, 1.807) is 11.2 Å². The number of anilines is 3. The van der Waals surface area contributed by atoms with Crippen LogP contribution in [-0.4, -0.2) is 105 Å². The summed E-state index contributed by atoms with van der Waals surface area (Å²) in [5.41, 5.74) is 8.32. The standard InChI is InChI=1S/C47H54N12O4/c1-30-24-33(6-12-38(30)31(2)51-43(61)44-53-45(54-63-44)47(3,4)5)42-39-25-35(28-59(39)50-29-49-42)34-7-13-40(48-26-34)57-22-20-55(21-23-57)27-32-14-17-56(18-15-32)36-8-10-37(11-9-36)58-19-16-41(60)52-46(58)62/h6-13,24-26,28-29,31-32H,14-23,27H2,1-5H3,(H,51,61)(H,52,60,62)/t31-/m1/s1. The number of urea groups is 1. The molecule has 4 amide bonds. The van der Waals surface area contributed by atoms with E-state index in [0.717, 1.165) is 109 Å². The lowest BCUT2D eigenvalue weighted by Crippen LogP contribution is -2.49. The molecule has 1 atom stereocenters. The summed E-state index contributed by atoms with van der Waals surface area (Å²) in [6.45, 7) is 17.3. The highest BCUT2D eigenvalue weighted by molar-refractivity contribution is 6.05. The summed E-state index contributed by atoms with van der Waals surface area (Å²) in [6, 6.07) is 20.0. The molecule has 4 aromatic heterocycles. The van der Waals surface area contributed by atoms with Crippen LogP contribution in [-0.2, 0) is 10.2 Å². The van der Waals surface area contributed by atoms with E-state index >= 15 is 0 Å². The minimum atomic E-state index is -0.410. The number of benzene rings is 2. The van der Waals surface area contributed by atoms with Crippen LogP contribution in [0.3, 0.4) is 0 Å². The first-order chi connectivity index (χ1) is 30.4. The molecular weight excluding hydrogens is 797 g/mol. The predicted octanol–water partition coefficient (Wildman–Crippen LogP) is 6.42. The van der Waals surface area contributed by atoms with Gasteiger partial charge in [0, 0.05) is 105 Å². The van der Waals surface area contributed by atoms with Gasteiger partial charge in [0.25, 0.3) is 0 Å². The average Bonchev–Trinajstić information content (AvgIpc) is 3.97. The van der Waals surface area contributed by atoms with Gasteiger partial charge in [-0.15, -0.1) is 0 Å². The summed E-state index contributed by atoms with van der Waals surface area (Å²) in [6.07, 6.45) is 8.16. The molecule has 16 heteroatoms. The molecule has 0 radical (unpaired) electrons. The number of rotatable bonds is 10. The molecule has 63 heavy (non-hydrogen) atoms. The van der Waals surface area contributed by atoms with Gasteiger partial charge >= 0.3 is 17.8 Å². The number of piperidine rings is 1. The van der Waals surface area contributed by atoms with Crippen molar-refractivity contribution in [1.82, 2.24) is 45.3 Å². The number of piperazine rings is 1. The number of nitrogens with zero attached hydrogens (tertiary/aromatic N) is 10. The SMILES string of the molecule is Cc1cc(-c2ncnn3cc(-c4ccc(N5CCN(CC6CCN(c7ccc(N8CCC(=O)NC8=O)cc7)CC6)CC5)nc4)cc23)ccc1[C@@H](C)NC(=O)c1nc(C(C)(C)C)no1. The molecule has 3 aliphatic heterocycles. The predicted molar refractivity (Wildman–Crippen MR) is 241 cm³/mol. The van der Waals surface area contributed by atoms with Crippen LogP contribution in [0.1, 0.15) is 80.6 Å². The maximum atomic E-state index is 12.9. The number of hydrogen-bond donors (Lipinski definition) is 2. The molecule has 0 unspecified atom stereocenters. The lowest BCUT2D eigenvalue weighted by atomic mass is 9.95. The van der Waals surface area contributed by atoms with Crippen molar-refractivity contribution < 1.29 is 18.9 Å². The highest BCUT2D eigenvalue weighted by Gasteiger charge is 2.28. The van der Waals surface area contributed by atoms with Gasteiger partial charge in [0.2, 0.25) is 5.91 Å². The zero-order valence-electron chi connectivity index (χ0n) is 36.5. The normalized spacial score (nSPS) is 17.3. The van der Waals surface area contributed by atoms with Crippen molar-refractivity contribution in [3.63, 3.8) is 0 Å². The van der Waals surface area contributed by atoms with Gasteiger partial charge in [-0.2, -0.15) is 10.1 Å². The quantitative estimate of drug-likeness (QED) is 0.155. The van der Waals surface area contributed by atoms with Gasteiger partial charge in [0.15, 0.2) is 5.82 Å². The molecule has 326 valence electrons. The van der Waals surface area contributed by atoms with Crippen molar-refractivity contribution in [2.24, 2.45) is 5.92 Å².